The quantitative estimate of drug-likeness (QED) is 0.822. The van der Waals surface area contributed by atoms with Crippen molar-refractivity contribution in [3.05, 3.63) is 22.9 Å². The average Bonchev–Trinajstić information content (AvgIpc) is 3.34. The van der Waals surface area contributed by atoms with E-state index in [4.69, 9.17) is 15.0 Å². The molecule has 2 aliphatic rings. The van der Waals surface area contributed by atoms with Crippen LogP contribution in [0.3, 0.4) is 0 Å². The van der Waals surface area contributed by atoms with Gasteiger partial charge in [0.15, 0.2) is 0 Å². The minimum atomic E-state index is -0.0409. The maximum Gasteiger partial charge on any atom is 0.205 e. The zero-order valence-corrected chi connectivity index (χ0v) is 17.2. The van der Waals surface area contributed by atoms with Crippen LogP contribution >= 0.6 is 11.5 Å². The first kappa shape index (κ1) is 17.6. The van der Waals surface area contributed by atoms with Gasteiger partial charge in [0.05, 0.1) is 0 Å². The molecule has 0 aromatic carbocycles. The predicted octanol–water partition coefficient (Wildman–Crippen LogP) is 3.45. The highest BCUT2D eigenvalue weighted by Crippen LogP contribution is 2.39. The molecule has 1 aliphatic heterocycles. The molecule has 6 nitrogen and oxygen atoms in total. The SMILES string of the molecule is Cc1nc(C(C)(C)C)nc(N2CCN(c3nc(C4CC4)ns3)CC2)c1C. The first-order chi connectivity index (χ1) is 12.3. The number of hydrogen-bond donors (Lipinski definition) is 0. The van der Waals surface area contributed by atoms with Gasteiger partial charge in [0, 0.05) is 60.3 Å². The Labute approximate surface area is 159 Å². The third-order valence-electron chi connectivity index (χ3n) is 5.26. The highest BCUT2D eigenvalue weighted by Gasteiger charge is 2.30. The summed E-state index contributed by atoms with van der Waals surface area (Å²) in [6, 6.07) is 0. The fourth-order valence-corrected chi connectivity index (χ4v) is 4.03. The predicted molar refractivity (Wildman–Crippen MR) is 107 cm³/mol. The van der Waals surface area contributed by atoms with E-state index in [0.29, 0.717) is 5.92 Å². The van der Waals surface area contributed by atoms with E-state index in [9.17, 15) is 0 Å². The Hall–Kier alpha value is -1.76. The molecule has 2 aromatic rings. The molecule has 3 heterocycles. The Morgan fingerprint density at radius 2 is 1.58 bits per heavy atom. The summed E-state index contributed by atoms with van der Waals surface area (Å²) in [4.78, 5) is 19.2. The first-order valence-electron chi connectivity index (χ1n) is 9.52. The summed E-state index contributed by atoms with van der Waals surface area (Å²) >= 11 is 1.55. The van der Waals surface area contributed by atoms with E-state index in [1.807, 2.05) is 0 Å². The van der Waals surface area contributed by atoms with Gasteiger partial charge in [0.25, 0.3) is 0 Å². The maximum absolute atomic E-state index is 4.93. The molecule has 26 heavy (non-hydrogen) atoms. The van der Waals surface area contributed by atoms with Crippen LogP contribution in [0, 0.1) is 13.8 Å². The Kier molecular flexibility index (Phi) is 4.37. The maximum atomic E-state index is 4.93. The Balaban J connectivity index is 1.49. The van der Waals surface area contributed by atoms with Crippen molar-refractivity contribution in [2.45, 2.75) is 58.8 Å². The van der Waals surface area contributed by atoms with Crippen molar-refractivity contribution in [3.63, 3.8) is 0 Å². The normalized spacial score (nSPS) is 18.5. The molecule has 0 N–H and O–H groups in total. The van der Waals surface area contributed by atoms with E-state index >= 15 is 0 Å². The summed E-state index contributed by atoms with van der Waals surface area (Å²) in [6.45, 7) is 14.6. The van der Waals surface area contributed by atoms with Crippen LogP contribution in [-0.2, 0) is 5.41 Å². The molecule has 2 fully saturated rings. The molecule has 1 saturated carbocycles. The van der Waals surface area contributed by atoms with Crippen LogP contribution in [-0.4, -0.2) is 45.5 Å². The number of piperazine rings is 1. The molecule has 1 saturated heterocycles. The van der Waals surface area contributed by atoms with Crippen LogP contribution in [0.1, 0.15) is 62.4 Å². The lowest BCUT2D eigenvalue weighted by Crippen LogP contribution is -2.47. The molecule has 7 heteroatoms. The van der Waals surface area contributed by atoms with E-state index in [0.717, 1.165) is 54.5 Å². The van der Waals surface area contributed by atoms with Gasteiger partial charge in [0.2, 0.25) is 5.13 Å². The molecule has 0 bridgehead atoms. The molecule has 0 amide bonds. The molecule has 0 radical (unpaired) electrons. The minimum Gasteiger partial charge on any atom is -0.353 e. The van der Waals surface area contributed by atoms with Gasteiger partial charge in [-0.3, -0.25) is 0 Å². The molecular formula is C19H28N6S. The van der Waals surface area contributed by atoms with Crippen LogP contribution in [0.15, 0.2) is 0 Å². The molecule has 0 atom stereocenters. The summed E-state index contributed by atoms with van der Waals surface area (Å²) < 4.78 is 4.55. The fraction of sp³-hybridized carbons (Fsp3) is 0.684. The van der Waals surface area contributed by atoms with Gasteiger partial charge in [-0.2, -0.15) is 4.37 Å². The van der Waals surface area contributed by atoms with Gasteiger partial charge < -0.3 is 9.80 Å². The van der Waals surface area contributed by atoms with Crippen LogP contribution < -0.4 is 9.80 Å². The van der Waals surface area contributed by atoms with E-state index in [-0.39, 0.29) is 5.41 Å². The lowest BCUT2D eigenvalue weighted by atomic mass is 9.95. The van der Waals surface area contributed by atoms with E-state index < -0.39 is 0 Å². The van der Waals surface area contributed by atoms with Crippen molar-refractivity contribution >= 4 is 22.5 Å². The molecule has 0 spiro atoms. The highest BCUT2D eigenvalue weighted by atomic mass is 32.1. The van der Waals surface area contributed by atoms with Gasteiger partial charge in [-0.1, -0.05) is 20.8 Å². The van der Waals surface area contributed by atoms with E-state index in [1.165, 1.54) is 18.4 Å². The van der Waals surface area contributed by atoms with Crippen molar-refractivity contribution in [2.75, 3.05) is 36.0 Å². The Morgan fingerprint density at radius 3 is 2.19 bits per heavy atom. The summed E-state index contributed by atoms with van der Waals surface area (Å²) in [5.74, 6) is 3.71. The molecular weight excluding hydrogens is 344 g/mol. The largest absolute Gasteiger partial charge is 0.353 e. The van der Waals surface area contributed by atoms with Crippen molar-refractivity contribution in [1.82, 2.24) is 19.3 Å². The van der Waals surface area contributed by atoms with E-state index in [2.05, 4.69) is 48.8 Å². The number of aryl methyl sites for hydroxylation is 1. The molecule has 2 aromatic heterocycles. The third kappa shape index (κ3) is 3.41. The van der Waals surface area contributed by atoms with Crippen molar-refractivity contribution < 1.29 is 0 Å². The minimum absolute atomic E-state index is 0.0409. The second-order valence-corrected chi connectivity index (χ2v) is 9.25. The smallest absolute Gasteiger partial charge is 0.205 e. The zero-order chi connectivity index (χ0) is 18.5. The summed E-state index contributed by atoms with van der Waals surface area (Å²) in [6.07, 6.45) is 2.51. The van der Waals surface area contributed by atoms with Crippen molar-refractivity contribution in [1.29, 1.82) is 0 Å². The summed E-state index contributed by atoms with van der Waals surface area (Å²) in [7, 11) is 0. The molecule has 140 valence electrons. The zero-order valence-electron chi connectivity index (χ0n) is 16.4. The first-order valence-corrected chi connectivity index (χ1v) is 10.3. The summed E-state index contributed by atoms with van der Waals surface area (Å²) in [5.41, 5.74) is 2.24. The van der Waals surface area contributed by atoms with Crippen molar-refractivity contribution in [2.24, 2.45) is 0 Å². The number of nitrogens with zero attached hydrogens (tertiary/aromatic N) is 6. The monoisotopic (exact) mass is 372 g/mol. The van der Waals surface area contributed by atoms with Gasteiger partial charge >= 0.3 is 0 Å². The average molecular weight is 373 g/mol. The van der Waals surface area contributed by atoms with Gasteiger partial charge in [0.1, 0.15) is 17.5 Å². The Morgan fingerprint density at radius 1 is 0.923 bits per heavy atom. The number of anilines is 2. The second kappa shape index (κ2) is 6.44. The summed E-state index contributed by atoms with van der Waals surface area (Å²) in [5, 5.41) is 1.08. The van der Waals surface area contributed by atoms with E-state index in [1.54, 1.807) is 11.5 Å². The van der Waals surface area contributed by atoms with Gasteiger partial charge in [-0.05, 0) is 26.7 Å². The lowest BCUT2D eigenvalue weighted by Gasteiger charge is -2.36. The second-order valence-electron chi connectivity index (χ2n) is 8.51. The molecule has 4 rings (SSSR count). The van der Waals surface area contributed by atoms with Gasteiger partial charge in [-0.25, -0.2) is 15.0 Å². The molecule has 1 aliphatic carbocycles. The number of aromatic nitrogens is 4. The topological polar surface area (TPSA) is 58.0 Å². The lowest BCUT2D eigenvalue weighted by molar-refractivity contribution is 0.538. The fourth-order valence-electron chi connectivity index (χ4n) is 3.23. The third-order valence-corrected chi connectivity index (χ3v) is 6.05. The van der Waals surface area contributed by atoms with Crippen LogP contribution in [0.5, 0.6) is 0 Å². The van der Waals surface area contributed by atoms with Crippen molar-refractivity contribution in [3.8, 4) is 0 Å². The Bertz CT molecular complexity index is 797. The highest BCUT2D eigenvalue weighted by molar-refractivity contribution is 7.09. The number of hydrogen-bond acceptors (Lipinski definition) is 7. The number of rotatable bonds is 3. The molecule has 0 unspecified atom stereocenters. The van der Waals surface area contributed by atoms with Gasteiger partial charge in [-0.15, -0.1) is 0 Å². The van der Waals surface area contributed by atoms with Crippen LogP contribution in [0.25, 0.3) is 0 Å². The standard InChI is InChI=1S/C19H28N6S/c1-12-13(2)20-17(19(3,4)5)22-16(12)24-8-10-25(11-9-24)18-21-15(23-26-18)14-6-7-14/h14H,6-11H2,1-5H3. The van der Waals surface area contributed by atoms with Crippen LogP contribution in [0.2, 0.25) is 0 Å². The van der Waals surface area contributed by atoms with Crippen LogP contribution in [0.4, 0.5) is 10.9 Å².